The first-order valence-corrected chi connectivity index (χ1v) is 7.02. The summed E-state index contributed by atoms with van der Waals surface area (Å²) in [6.45, 7) is 3.59. The van der Waals surface area contributed by atoms with Crippen LogP contribution in [0.3, 0.4) is 0 Å². The minimum atomic E-state index is -0.715. The number of hydrogen-bond donors (Lipinski definition) is 1. The molecule has 0 atom stereocenters. The second-order valence-electron chi connectivity index (χ2n) is 5.17. The number of amides is 1. The Bertz CT molecular complexity index is 890. The maximum absolute atomic E-state index is 12.1. The summed E-state index contributed by atoms with van der Waals surface area (Å²) in [4.78, 5) is 23.9. The lowest BCUT2D eigenvalue weighted by Gasteiger charge is -2.08. The average Bonchev–Trinajstić information content (AvgIpc) is 3.13. The predicted octanol–water partition coefficient (Wildman–Crippen LogP) is 2.35. The summed E-state index contributed by atoms with van der Waals surface area (Å²) in [5, 5.41) is 6.72. The van der Waals surface area contributed by atoms with E-state index in [0.717, 1.165) is 15.8 Å². The van der Waals surface area contributed by atoms with E-state index in [9.17, 15) is 9.59 Å². The molecule has 0 bridgehead atoms. The number of nitrogens with zero attached hydrogens (tertiary/aromatic N) is 2. The highest BCUT2D eigenvalue weighted by Crippen LogP contribution is 2.17. The first kappa shape index (κ1) is 14.8. The summed E-state index contributed by atoms with van der Waals surface area (Å²) >= 11 is 0. The largest absolute Gasteiger partial charge is 0.459 e. The lowest BCUT2D eigenvalue weighted by molar-refractivity contribution is -0.117. The van der Waals surface area contributed by atoms with E-state index in [-0.39, 0.29) is 18.3 Å². The molecule has 23 heavy (non-hydrogen) atoms. The van der Waals surface area contributed by atoms with Crippen LogP contribution in [-0.2, 0) is 11.3 Å². The molecule has 0 radical (unpaired) electrons. The van der Waals surface area contributed by atoms with Crippen molar-refractivity contribution in [2.45, 2.75) is 20.4 Å². The van der Waals surface area contributed by atoms with Gasteiger partial charge >= 0.3 is 5.76 Å². The van der Waals surface area contributed by atoms with E-state index < -0.39 is 5.76 Å². The summed E-state index contributed by atoms with van der Waals surface area (Å²) in [7, 11) is 0. The Labute approximate surface area is 131 Å². The molecule has 3 rings (SSSR count). The van der Waals surface area contributed by atoms with Gasteiger partial charge in [0.1, 0.15) is 6.54 Å². The summed E-state index contributed by atoms with van der Waals surface area (Å²) in [5.74, 6) is -0.706. The molecule has 2 aromatic heterocycles. The van der Waals surface area contributed by atoms with Gasteiger partial charge in [-0.05, 0) is 43.2 Å². The van der Waals surface area contributed by atoms with Crippen molar-refractivity contribution in [3.05, 3.63) is 58.3 Å². The normalized spacial score (nSPS) is 10.7. The van der Waals surface area contributed by atoms with Crippen LogP contribution in [0.15, 0.2) is 50.2 Å². The van der Waals surface area contributed by atoms with Crippen molar-refractivity contribution in [3.63, 3.8) is 0 Å². The van der Waals surface area contributed by atoms with Gasteiger partial charge in [0, 0.05) is 5.69 Å². The third kappa shape index (κ3) is 3.23. The Kier molecular flexibility index (Phi) is 3.84. The maximum atomic E-state index is 12.1. The quantitative estimate of drug-likeness (QED) is 0.798. The van der Waals surface area contributed by atoms with Crippen molar-refractivity contribution < 1.29 is 13.6 Å². The minimum absolute atomic E-state index is 0.0412. The van der Waals surface area contributed by atoms with Gasteiger partial charge in [-0.25, -0.2) is 4.79 Å². The number of aryl methyl sites for hydroxylation is 2. The number of nitrogens with one attached hydrogen (secondary N) is 1. The number of benzene rings is 1. The third-order valence-electron chi connectivity index (χ3n) is 3.30. The zero-order valence-corrected chi connectivity index (χ0v) is 12.7. The van der Waals surface area contributed by atoms with Crippen LogP contribution >= 0.6 is 0 Å². The lowest BCUT2D eigenvalue weighted by atomic mass is 10.1. The molecule has 0 saturated heterocycles. The highest BCUT2D eigenvalue weighted by atomic mass is 16.4. The van der Waals surface area contributed by atoms with Crippen molar-refractivity contribution >= 4 is 11.6 Å². The standard InChI is InChI=1S/C16H15N3O4/c1-10-5-6-11(2)12(8-10)17-14(20)9-19-16(21)23-15(18-19)13-4-3-7-22-13/h3-8H,9H2,1-2H3,(H,17,20). The number of carbonyl (C=O) groups excluding carboxylic acids is 1. The molecule has 1 amide bonds. The van der Waals surface area contributed by atoms with Gasteiger partial charge in [-0.2, -0.15) is 4.68 Å². The molecule has 0 fully saturated rings. The summed E-state index contributed by atoms with van der Waals surface area (Å²) in [5.41, 5.74) is 2.68. The molecule has 118 valence electrons. The molecule has 0 spiro atoms. The first-order chi connectivity index (χ1) is 11.0. The molecule has 1 aromatic carbocycles. The number of rotatable bonds is 4. The number of hydrogen-bond acceptors (Lipinski definition) is 5. The molecule has 0 unspecified atom stereocenters. The summed E-state index contributed by atoms with van der Waals surface area (Å²) in [6.07, 6.45) is 1.45. The Morgan fingerprint density at radius 1 is 1.30 bits per heavy atom. The monoisotopic (exact) mass is 313 g/mol. The first-order valence-electron chi connectivity index (χ1n) is 7.02. The molecule has 3 aromatic rings. The fourth-order valence-electron chi connectivity index (χ4n) is 2.10. The van der Waals surface area contributed by atoms with Gasteiger partial charge in [-0.15, -0.1) is 5.10 Å². The second kappa shape index (κ2) is 5.96. The van der Waals surface area contributed by atoms with E-state index in [1.807, 2.05) is 32.0 Å². The molecule has 0 saturated carbocycles. The second-order valence-corrected chi connectivity index (χ2v) is 5.17. The fraction of sp³-hybridized carbons (Fsp3) is 0.188. The molecular weight excluding hydrogens is 298 g/mol. The molecule has 7 heteroatoms. The van der Waals surface area contributed by atoms with Gasteiger partial charge in [0.25, 0.3) is 5.89 Å². The molecule has 0 aliphatic rings. The number of furan rings is 1. The number of carbonyl (C=O) groups is 1. The van der Waals surface area contributed by atoms with Gasteiger partial charge in [0.15, 0.2) is 5.76 Å². The smallest absolute Gasteiger partial charge is 0.437 e. The van der Waals surface area contributed by atoms with E-state index in [0.29, 0.717) is 11.4 Å². The van der Waals surface area contributed by atoms with Gasteiger partial charge in [0.2, 0.25) is 5.91 Å². The Balaban J connectivity index is 1.76. The Morgan fingerprint density at radius 2 is 2.13 bits per heavy atom. The highest BCUT2D eigenvalue weighted by molar-refractivity contribution is 5.91. The van der Waals surface area contributed by atoms with Crippen LogP contribution in [0.2, 0.25) is 0 Å². The summed E-state index contributed by atoms with van der Waals surface area (Å²) in [6, 6.07) is 9.02. The van der Waals surface area contributed by atoms with Crippen LogP contribution in [0.1, 0.15) is 11.1 Å². The molecule has 2 heterocycles. The van der Waals surface area contributed by atoms with Gasteiger partial charge in [0.05, 0.1) is 6.26 Å². The number of anilines is 1. The van der Waals surface area contributed by atoms with E-state index >= 15 is 0 Å². The van der Waals surface area contributed by atoms with Crippen LogP contribution in [0, 0.1) is 13.8 Å². The van der Waals surface area contributed by atoms with Gasteiger partial charge in [-0.3, -0.25) is 4.79 Å². The molecular formula is C16H15N3O4. The van der Waals surface area contributed by atoms with Gasteiger partial charge in [-0.1, -0.05) is 12.1 Å². The SMILES string of the molecule is Cc1ccc(C)c(NC(=O)Cn2nc(-c3ccco3)oc2=O)c1. The van der Waals surface area contributed by atoms with Crippen LogP contribution in [0.4, 0.5) is 5.69 Å². The highest BCUT2D eigenvalue weighted by Gasteiger charge is 2.15. The maximum Gasteiger partial charge on any atom is 0.437 e. The van der Waals surface area contributed by atoms with Crippen molar-refractivity contribution in [3.8, 4) is 11.7 Å². The summed E-state index contributed by atoms with van der Waals surface area (Å²) < 4.78 is 11.0. The van der Waals surface area contributed by atoms with Gasteiger partial charge < -0.3 is 14.2 Å². The van der Waals surface area contributed by atoms with Crippen LogP contribution < -0.4 is 11.1 Å². The average molecular weight is 313 g/mol. The van der Waals surface area contributed by atoms with E-state index in [1.54, 1.807) is 12.1 Å². The van der Waals surface area contributed by atoms with Crippen LogP contribution in [-0.4, -0.2) is 15.7 Å². The Morgan fingerprint density at radius 3 is 2.87 bits per heavy atom. The predicted molar refractivity (Wildman–Crippen MR) is 83.0 cm³/mol. The van der Waals surface area contributed by atoms with Crippen LogP contribution in [0.5, 0.6) is 0 Å². The topological polar surface area (TPSA) is 90.3 Å². The van der Waals surface area contributed by atoms with Crippen LogP contribution in [0.25, 0.3) is 11.7 Å². The molecule has 0 aliphatic heterocycles. The van der Waals surface area contributed by atoms with E-state index in [1.165, 1.54) is 6.26 Å². The Hall–Kier alpha value is -3.09. The zero-order valence-electron chi connectivity index (χ0n) is 12.7. The minimum Gasteiger partial charge on any atom is -0.459 e. The van der Waals surface area contributed by atoms with Crippen molar-refractivity contribution in [1.82, 2.24) is 9.78 Å². The lowest BCUT2D eigenvalue weighted by Crippen LogP contribution is -2.26. The third-order valence-corrected chi connectivity index (χ3v) is 3.30. The van der Waals surface area contributed by atoms with E-state index in [4.69, 9.17) is 8.83 Å². The molecule has 0 aliphatic carbocycles. The zero-order chi connectivity index (χ0) is 16.4. The molecule has 7 nitrogen and oxygen atoms in total. The molecule has 1 N–H and O–H groups in total. The number of aromatic nitrogens is 2. The fourth-order valence-corrected chi connectivity index (χ4v) is 2.10. The van der Waals surface area contributed by atoms with Crippen molar-refractivity contribution in [2.24, 2.45) is 0 Å². The van der Waals surface area contributed by atoms with Crippen molar-refractivity contribution in [2.75, 3.05) is 5.32 Å². The van der Waals surface area contributed by atoms with Crippen molar-refractivity contribution in [1.29, 1.82) is 0 Å². The van der Waals surface area contributed by atoms with E-state index in [2.05, 4.69) is 10.4 Å².